The summed E-state index contributed by atoms with van der Waals surface area (Å²) < 4.78 is 0. The number of hydrogen-bond donors (Lipinski definition) is 2. The fourth-order valence-corrected chi connectivity index (χ4v) is 1.97. The quantitative estimate of drug-likeness (QED) is 0.861. The highest BCUT2D eigenvalue weighted by Gasteiger charge is 2.17. The van der Waals surface area contributed by atoms with Gasteiger partial charge in [-0.2, -0.15) is 0 Å². The Kier molecular flexibility index (Phi) is 3.22. The van der Waals surface area contributed by atoms with E-state index in [1.54, 1.807) is 6.07 Å². The Bertz CT molecular complexity index is 364. The summed E-state index contributed by atoms with van der Waals surface area (Å²) in [7, 11) is 0. The summed E-state index contributed by atoms with van der Waals surface area (Å²) in [6, 6.07) is 1.62. The van der Waals surface area contributed by atoms with Crippen LogP contribution in [0.15, 0.2) is 6.07 Å². The van der Waals surface area contributed by atoms with E-state index in [0.29, 0.717) is 21.7 Å². The molecule has 0 amide bonds. The summed E-state index contributed by atoms with van der Waals surface area (Å²) in [6.45, 7) is 0.911. The second-order valence-corrected chi connectivity index (χ2v) is 4.68. The molecule has 1 aliphatic rings. The molecule has 15 heavy (non-hydrogen) atoms. The Morgan fingerprint density at radius 2 is 2.13 bits per heavy atom. The van der Waals surface area contributed by atoms with E-state index in [1.807, 2.05) is 0 Å². The Labute approximate surface area is 99.0 Å². The van der Waals surface area contributed by atoms with E-state index >= 15 is 0 Å². The third-order valence-corrected chi connectivity index (χ3v) is 3.33. The number of nitrogen functional groups attached to an aromatic ring is 1. The van der Waals surface area contributed by atoms with Crippen molar-refractivity contribution in [3.8, 4) is 0 Å². The van der Waals surface area contributed by atoms with Crippen molar-refractivity contribution < 1.29 is 0 Å². The molecule has 1 aromatic rings. The number of rotatable bonds is 3. The molecule has 0 aromatic carbocycles. The summed E-state index contributed by atoms with van der Waals surface area (Å²) in [6.07, 6.45) is 3.90. The lowest BCUT2D eigenvalue weighted by atomic mass is 9.85. The molecule has 3 N–H and O–H groups in total. The molecular formula is C10H13Cl2N3. The van der Waals surface area contributed by atoms with Gasteiger partial charge >= 0.3 is 0 Å². The first-order chi connectivity index (χ1) is 7.16. The van der Waals surface area contributed by atoms with Crippen molar-refractivity contribution in [1.29, 1.82) is 0 Å². The molecule has 0 bridgehead atoms. The number of halogens is 2. The van der Waals surface area contributed by atoms with Crippen LogP contribution in [-0.4, -0.2) is 11.5 Å². The van der Waals surface area contributed by atoms with Crippen molar-refractivity contribution in [1.82, 2.24) is 4.98 Å². The number of nitrogens with two attached hydrogens (primary N) is 1. The Balaban J connectivity index is 2.03. The summed E-state index contributed by atoms with van der Waals surface area (Å²) >= 11 is 11.8. The fourth-order valence-electron chi connectivity index (χ4n) is 1.54. The van der Waals surface area contributed by atoms with Crippen molar-refractivity contribution in [2.24, 2.45) is 5.92 Å². The summed E-state index contributed by atoms with van der Waals surface area (Å²) in [5.41, 5.74) is 5.60. The Morgan fingerprint density at radius 1 is 1.40 bits per heavy atom. The van der Waals surface area contributed by atoms with E-state index in [9.17, 15) is 0 Å². The van der Waals surface area contributed by atoms with E-state index in [2.05, 4.69) is 10.3 Å². The van der Waals surface area contributed by atoms with Gasteiger partial charge in [-0.3, -0.25) is 0 Å². The van der Waals surface area contributed by atoms with Crippen LogP contribution < -0.4 is 11.1 Å². The number of aromatic nitrogens is 1. The Morgan fingerprint density at radius 3 is 2.73 bits per heavy atom. The second-order valence-electron chi connectivity index (χ2n) is 3.86. The van der Waals surface area contributed by atoms with Crippen molar-refractivity contribution in [3.05, 3.63) is 16.1 Å². The largest absolute Gasteiger partial charge is 0.382 e. The van der Waals surface area contributed by atoms with E-state index in [1.165, 1.54) is 19.3 Å². The van der Waals surface area contributed by atoms with Crippen LogP contribution in [0.1, 0.15) is 19.3 Å². The molecule has 3 nitrogen and oxygen atoms in total. The van der Waals surface area contributed by atoms with Crippen LogP contribution in [0.4, 0.5) is 11.6 Å². The molecule has 0 saturated heterocycles. The molecule has 2 rings (SSSR count). The van der Waals surface area contributed by atoms with Crippen LogP contribution in [0.3, 0.4) is 0 Å². The van der Waals surface area contributed by atoms with Gasteiger partial charge in [0.1, 0.15) is 11.6 Å². The van der Waals surface area contributed by atoms with Gasteiger partial charge in [0.25, 0.3) is 0 Å². The highest BCUT2D eigenvalue weighted by Crippen LogP contribution is 2.30. The third kappa shape index (κ3) is 2.47. The average molecular weight is 246 g/mol. The van der Waals surface area contributed by atoms with Crippen LogP contribution in [0.2, 0.25) is 10.0 Å². The van der Waals surface area contributed by atoms with Gasteiger partial charge in [0, 0.05) is 6.54 Å². The molecule has 0 unspecified atom stereocenters. The number of nitrogens with one attached hydrogen (secondary N) is 1. The van der Waals surface area contributed by atoms with Crippen LogP contribution in [0.5, 0.6) is 0 Å². The van der Waals surface area contributed by atoms with Gasteiger partial charge in [0.2, 0.25) is 0 Å². The summed E-state index contributed by atoms with van der Waals surface area (Å²) in [5.74, 6) is 1.70. The van der Waals surface area contributed by atoms with Gasteiger partial charge in [-0.15, -0.1) is 0 Å². The predicted octanol–water partition coefficient (Wildman–Crippen LogP) is 3.18. The summed E-state index contributed by atoms with van der Waals surface area (Å²) in [4.78, 5) is 4.11. The first kappa shape index (κ1) is 10.8. The zero-order valence-electron chi connectivity index (χ0n) is 8.26. The van der Waals surface area contributed by atoms with Crippen molar-refractivity contribution >= 4 is 34.8 Å². The van der Waals surface area contributed by atoms with Gasteiger partial charge in [0.05, 0.1) is 10.0 Å². The van der Waals surface area contributed by atoms with E-state index in [-0.39, 0.29) is 0 Å². The van der Waals surface area contributed by atoms with Crippen molar-refractivity contribution in [2.75, 3.05) is 17.6 Å². The number of anilines is 2. The Hall–Kier alpha value is -0.670. The molecule has 0 aliphatic heterocycles. The van der Waals surface area contributed by atoms with Crippen molar-refractivity contribution in [2.45, 2.75) is 19.3 Å². The van der Waals surface area contributed by atoms with Crippen LogP contribution in [-0.2, 0) is 0 Å². The lowest BCUT2D eigenvalue weighted by Crippen LogP contribution is -2.21. The highest BCUT2D eigenvalue weighted by molar-refractivity contribution is 6.37. The maximum Gasteiger partial charge on any atom is 0.147 e. The highest BCUT2D eigenvalue weighted by atomic mass is 35.5. The minimum atomic E-state index is 0.317. The average Bonchev–Trinajstić information content (AvgIpc) is 2.11. The number of hydrogen-bond acceptors (Lipinski definition) is 3. The maximum atomic E-state index is 5.98. The monoisotopic (exact) mass is 245 g/mol. The first-order valence-corrected chi connectivity index (χ1v) is 5.78. The topological polar surface area (TPSA) is 50.9 Å². The zero-order chi connectivity index (χ0) is 10.8. The number of nitrogens with zero attached hydrogens (tertiary/aromatic N) is 1. The van der Waals surface area contributed by atoms with Crippen LogP contribution >= 0.6 is 23.2 Å². The third-order valence-electron chi connectivity index (χ3n) is 2.74. The molecule has 1 saturated carbocycles. The lowest BCUT2D eigenvalue weighted by molar-refractivity contribution is 0.333. The zero-order valence-corrected chi connectivity index (χ0v) is 9.78. The molecule has 5 heteroatoms. The molecule has 0 spiro atoms. The van der Waals surface area contributed by atoms with E-state index in [0.717, 1.165) is 12.5 Å². The summed E-state index contributed by atoms with van der Waals surface area (Å²) in [5, 5.41) is 4.12. The van der Waals surface area contributed by atoms with E-state index < -0.39 is 0 Å². The molecule has 1 aromatic heterocycles. The normalized spacial score (nSPS) is 16.1. The molecule has 1 fully saturated rings. The molecular weight excluding hydrogens is 233 g/mol. The minimum Gasteiger partial charge on any atom is -0.382 e. The van der Waals surface area contributed by atoms with Crippen LogP contribution in [0, 0.1) is 5.92 Å². The lowest BCUT2D eigenvalue weighted by Gasteiger charge is -2.25. The standard InChI is InChI=1S/C10H13Cl2N3/c11-7-4-8(12)10(15-9(7)13)14-5-6-2-1-3-6/h4,6H,1-3,5H2,(H3,13,14,15). The van der Waals surface area contributed by atoms with Gasteiger partial charge in [-0.25, -0.2) is 4.98 Å². The molecule has 1 aliphatic carbocycles. The van der Waals surface area contributed by atoms with Gasteiger partial charge in [-0.1, -0.05) is 29.6 Å². The number of pyridine rings is 1. The second kappa shape index (κ2) is 4.45. The fraction of sp³-hybridized carbons (Fsp3) is 0.500. The van der Waals surface area contributed by atoms with Gasteiger partial charge < -0.3 is 11.1 Å². The molecule has 0 atom stereocenters. The molecule has 0 radical (unpaired) electrons. The minimum absolute atomic E-state index is 0.317. The SMILES string of the molecule is Nc1nc(NCC2CCC2)c(Cl)cc1Cl. The van der Waals surface area contributed by atoms with Gasteiger partial charge in [-0.05, 0) is 24.8 Å². The maximum absolute atomic E-state index is 5.98. The molecule has 82 valence electrons. The first-order valence-electron chi connectivity index (χ1n) is 5.02. The van der Waals surface area contributed by atoms with E-state index in [4.69, 9.17) is 28.9 Å². The van der Waals surface area contributed by atoms with Crippen LogP contribution in [0.25, 0.3) is 0 Å². The van der Waals surface area contributed by atoms with Gasteiger partial charge in [0.15, 0.2) is 0 Å². The van der Waals surface area contributed by atoms with Crippen molar-refractivity contribution in [3.63, 3.8) is 0 Å². The smallest absolute Gasteiger partial charge is 0.147 e. The predicted molar refractivity (Wildman–Crippen MR) is 64.5 cm³/mol. The molecule has 1 heterocycles.